The number of para-hydroxylation sites is 3. The van der Waals surface area contributed by atoms with Crippen molar-refractivity contribution in [3.63, 3.8) is 0 Å². The zero-order chi connectivity index (χ0) is 37.0. The van der Waals surface area contributed by atoms with Crippen molar-refractivity contribution in [3.05, 3.63) is 194 Å². The van der Waals surface area contributed by atoms with Crippen molar-refractivity contribution < 1.29 is 4.42 Å². The maximum Gasteiger partial charge on any atom is 0.167 e. The third-order valence-electron chi connectivity index (χ3n) is 10.7. The summed E-state index contributed by atoms with van der Waals surface area (Å²) in [4.78, 5) is 15.4. The second-order valence-electron chi connectivity index (χ2n) is 14.0. The molecule has 0 spiro atoms. The number of hydrogen-bond donors (Lipinski definition) is 0. The van der Waals surface area contributed by atoms with E-state index in [-0.39, 0.29) is 0 Å². The molecular formula is C51H32N4O. The summed E-state index contributed by atoms with van der Waals surface area (Å²) in [5, 5.41) is 4.43. The fourth-order valence-electron chi connectivity index (χ4n) is 8.00. The van der Waals surface area contributed by atoms with Crippen LogP contribution >= 0.6 is 0 Å². The van der Waals surface area contributed by atoms with Crippen LogP contribution in [0, 0.1) is 0 Å². The van der Waals surface area contributed by atoms with Crippen LogP contribution < -0.4 is 0 Å². The topological polar surface area (TPSA) is 56.7 Å². The van der Waals surface area contributed by atoms with Gasteiger partial charge in [-0.05, 0) is 58.7 Å². The third kappa shape index (κ3) is 5.29. The van der Waals surface area contributed by atoms with E-state index in [9.17, 15) is 0 Å². The molecular weight excluding hydrogens is 685 g/mol. The predicted octanol–water partition coefficient (Wildman–Crippen LogP) is 13.2. The van der Waals surface area contributed by atoms with Gasteiger partial charge in [-0.1, -0.05) is 158 Å². The number of fused-ring (bicyclic) bond motifs is 7. The fraction of sp³-hybridized carbons (Fsp3) is 0. The molecule has 0 aliphatic carbocycles. The van der Waals surface area contributed by atoms with Crippen LogP contribution in [0.1, 0.15) is 0 Å². The molecule has 3 aromatic heterocycles. The number of furan rings is 1. The van der Waals surface area contributed by atoms with E-state index >= 15 is 0 Å². The first-order valence-electron chi connectivity index (χ1n) is 18.8. The molecule has 3 heterocycles. The number of nitrogens with zero attached hydrogens (tertiary/aromatic N) is 4. The normalized spacial score (nSPS) is 11.6. The van der Waals surface area contributed by atoms with E-state index in [1.54, 1.807) is 0 Å². The van der Waals surface area contributed by atoms with Crippen LogP contribution in [0.5, 0.6) is 0 Å². The van der Waals surface area contributed by atoms with Gasteiger partial charge in [0, 0.05) is 33.0 Å². The Morgan fingerprint density at radius 1 is 0.357 bits per heavy atom. The number of aromatic nitrogens is 4. The maximum atomic E-state index is 6.84. The SMILES string of the molecule is c1ccc(-c2ccc(-c3nc(-c4ccc(-c5ccccc5)cc4)nc(-c4cccc5c4oc4ccc6c7ccccc7n(-c7ccccc7)c6c45)n3)cc2)cc1. The van der Waals surface area contributed by atoms with Gasteiger partial charge in [-0.3, -0.25) is 0 Å². The molecule has 0 amide bonds. The van der Waals surface area contributed by atoms with E-state index in [4.69, 9.17) is 19.4 Å². The zero-order valence-corrected chi connectivity index (χ0v) is 30.2. The summed E-state index contributed by atoms with van der Waals surface area (Å²) in [6, 6.07) is 67.3. The monoisotopic (exact) mass is 716 g/mol. The van der Waals surface area contributed by atoms with Crippen molar-refractivity contribution in [2.24, 2.45) is 0 Å². The van der Waals surface area contributed by atoms with Crippen molar-refractivity contribution in [1.82, 2.24) is 19.5 Å². The van der Waals surface area contributed by atoms with E-state index < -0.39 is 0 Å². The molecule has 0 fully saturated rings. The molecule has 0 saturated carbocycles. The lowest BCUT2D eigenvalue weighted by atomic mass is 10.0. The highest BCUT2D eigenvalue weighted by molar-refractivity contribution is 6.25. The smallest absolute Gasteiger partial charge is 0.167 e. The zero-order valence-electron chi connectivity index (χ0n) is 30.2. The molecule has 0 atom stereocenters. The van der Waals surface area contributed by atoms with Crippen molar-refractivity contribution in [1.29, 1.82) is 0 Å². The van der Waals surface area contributed by atoms with Crippen LogP contribution in [-0.4, -0.2) is 19.5 Å². The van der Waals surface area contributed by atoms with E-state index in [1.807, 2.05) is 12.1 Å². The average Bonchev–Trinajstić information content (AvgIpc) is 3.83. The summed E-state index contributed by atoms with van der Waals surface area (Å²) in [7, 11) is 0. The van der Waals surface area contributed by atoms with Crippen LogP contribution in [0.15, 0.2) is 199 Å². The summed E-state index contributed by atoms with van der Waals surface area (Å²) >= 11 is 0. The third-order valence-corrected chi connectivity index (χ3v) is 10.7. The highest BCUT2D eigenvalue weighted by Crippen LogP contribution is 2.43. The van der Waals surface area contributed by atoms with Gasteiger partial charge in [0.1, 0.15) is 11.2 Å². The molecule has 0 N–H and O–H groups in total. The van der Waals surface area contributed by atoms with Gasteiger partial charge < -0.3 is 8.98 Å². The van der Waals surface area contributed by atoms with Gasteiger partial charge in [0.2, 0.25) is 0 Å². The molecule has 0 unspecified atom stereocenters. The van der Waals surface area contributed by atoms with Gasteiger partial charge >= 0.3 is 0 Å². The molecule has 11 aromatic rings. The van der Waals surface area contributed by atoms with Crippen LogP contribution in [0.2, 0.25) is 0 Å². The second-order valence-corrected chi connectivity index (χ2v) is 14.0. The van der Waals surface area contributed by atoms with Crippen LogP contribution in [0.4, 0.5) is 0 Å². The molecule has 0 aliphatic rings. The first-order chi connectivity index (χ1) is 27.8. The Balaban J connectivity index is 1.12. The van der Waals surface area contributed by atoms with Gasteiger partial charge in [-0.2, -0.15) is 0 Å². The Kier molecular flexibility index (Phi) is 7.42. The Morgan fingerprint density at radius 2 is 0.857 bits per heavy atom. The molecule has 5 nitrogen and oxygen atoms in total. The Labute approximate surface area is 322 Å². The minimum Gasteiger partial charge on any atom is -0.455 e. The van der Waals surface area contributed by atoms with Crippen LogP contribution in [0.25, 0.3) is 106 Å². The molecule has 0 aliphatic heterocycles. The summed E-state index contributed by atoms with van der Waals surface area (Å²) in [6.07, 6.45) is 0. The van der Waals surface area contributed by atoms with Gasteiger partial charge in [0.05, 0.1) is 22.0 Å². The molecule has 5 heteroatoms. The highest BCUT2D eigenvalue weighted by Gasteiger charge is 2.22. The van der Waals surface area contributed by atoms with Gasteiger partial charge in [0.15, 0.2) is 17.5 Å². The standard InChI is InChI=1S/C51H32N4O/c1-4-13-33(14-5-1)35-23-27-37(28-24-35)49-52-50(38-29-25-36(26-30-38)34-15-6-2-7-16-34)54-51(53-49)43-21-12-20-42-46-45(56-48(42)43)32-31-41-40-19-10-11-22-44(40)55(47(41)46)39-17-8-3-9-18-39/h1-32H. The van der Waals surface area contributed by atoms with Crippen LogP contribution in [0.3, 0.4) is 0 Å². The first-order valence-corrected chi connectivity index (χ1v) is 18.8. The summed E-state index contributed by atoms with van der Waals surface area (Å²) in [6.45, 7) is 0. The number of benzene rings is 8. The minimum atomic E-state index is 0.550. The second kappa shape index (κ2) is 13.0. The van der Waals surface area contributed by atoms with Crippen LogP contribution in [-0.2, 0) is 0 Å². The summed E-state index contributed by atoms with van der Waals surface area (Å²) in [5.41, 5.74) is 12.1. The van der Waals surface area contributed by atoms with E-state index in [0.29, 0.717) is 17.5 Å². The van der Waals surface area contributed by atoms with E-state index in [0.717, 1.165) is 77.6 Å². The molecule has 262 valence electrons. The Morgan fingerprint density at radius 3 is 1.48 bits per heavy atom. The van der Waals surface area contributed by atoms with Crippen molar-refractivity contribution in [2.45, 2.75) is 0 Å². The quantitative estimate of drug-likeness (QED) is 0.172. The van der Waals surface area contributed by atoms with Crippen molar-refractivity contribution in [2.75, 3.05) is 0 Å². The van der Waals surface area contributed by atoms with E-state index in [2.05, 4.69) is 187 Å². The van der Waals surface area contributed by atoms with Gasteiger partial charge in [-0.15, -0.1) is 0 Å². The largest absolute Gasteiger partial charge is 0.455 e. The minimum absolute atomic E-state index is 0.550. The molecule has 56 heavy (non-hydrogen) atoms. The fourth-order valence-corrected chi connectivity index (χ4v) is 8.00. The first kappa shape index (κ1) is 31.9. The molecule has 0 bridgehead atoms. The number of hydrogen-bond acceptors (Lipinski definition) is 4. The Bertz CT molecular complexity index is 3100. The molecule has 0 saturated heterocycles. The summed E-state index contributed by atoms with van der Waals surface area (Å²) < 4.78 is 9.19. The molecule has 11 rings (SSSR count). The predicted molar refractivity (Wildman–Crippen MR) is 229 cm³/mol. The lowest BCUT2D eigenvalue weighted by molar-refractivity contribution is 0.669. The Hall–Kier alpha value is -7.63. The maximum absolute atomic E-state index is 6.84. The summed E-state index contributed by atoms with van der Waals surface area (Å²) in [5.74, 6) is 1.74. The number of rotatable bonds is 6. The lowest BCUT2D eigenvalue weighted by Gasteiger charge is -2.10. The van der Waals surface area contributed by atoms with Gasteiger partial charge in [0.25, 0.3) is 0 Å². The van der Waals surface area contributed by atoms with Crippen molar-refractivity contribution >= 4 is 43.7 Å². The molecule has 0 radical (unpaired) electrons. The van der Waals surface area contributed by atoms with E-state index in [1.165, 1.54) is 10.8 Å². The van der Waals surface area contributed by atoms with Gasteiger partial charge in [-0.25, -0.2) is 15.0 Å². The van der Waals surface area contributed by atoms with Crippen molar-refractivity contribution in [3.8, 4) is 62.1 Å². The highest BCUT2D eigenvalue weighted by atomic mass is 16.3. The lowest BCUT2D eigenvalue weighted by Crippen LogP contribution is -2.00. The average molecular weight is 717 g/mol. The molecule has 8 aromatic carbocycles.